The highest BCUT2D eigenvalue weighted by atomic mass is 35.5. The predicted molar refractivity (Wildman–Crippen MR) is 75.3 cm³/mol. The van der Waals surface area contributed by atoms with Gasteiger partial charge in [0.15, 0.2) is 11.5 Å². The molecule has 1 aliphatic heterocycles. The number of carbonyl (C=O) groups excluding carboxylic acids is 1. The van der Waals surface area contributed by atoms with E-state index in [1.54, 1.807) is 0 Å². The van der Waals surface area contributed by atoms with Crippen molar-refractivity contribution >= 4 is 11.7 Å². The van der Waals surface area contributed by atoms with Crippen LogP contribution in [0.15, 0.2) is 22.8 Å². The SMILES string of the molecule is Nc1nonc1C(=O)NCCNCc1ccc2c(c1)OCO2.[Cl-]. The number of hydrogen-bond donors (Lipinski definition) is 3. The van der Waals surface area contributed by atoms with E-state index < -0.39 is 5.91 Å². The summed E-state index contributed by atoms with van der Waals surface area (Å²) in [6.45, 7) is 1.93. The third kappa shape index (κ3) is 4.02. The molecule has 2 heterocycles. The van der Waals surface area contributed by atoms with Gasteiger partial charge in [0.1, 0.15) is 0 Å². The van der Waals surface area contributed by atoms with Gasteiger partial charge in [0.2, 0.25) is 18.3 Å². The molecule has 0 saturated carbocycles. The molecule has 0 fully saturated rings. The summed E-state index contributed by atoms with van der Waals surface area (Å²) in [7, 11) is 0. The number of carbonyl (C=O) groups is 1. The van der Waals surface area contributed by atoms with Crippen LogP contribution < -0.4 is 38.2 Å². The molecule has 4 N–H and O–H groups in total. The molecular formula is C13H15ClN5O4-. The van der Waals surface area contributed by atoms with Crippen LogP contribution in [-0.2, 0) is 6.54 Å². The van der Waals surface area contributed by atoms with Gasteiger partial charge in [0.05, 0.1) is 0 Å². The van der Waals surface area contributed by atoms with Crippen LogP contribution in [0.4, 0.5) is 5.82 Å². The summed E-state index contributed by atoms with van der Waals surface area (Å²) in [5.74, 6) is 1.07. The Morgan fingerprint density at radius 2 is 2.04 bits per heavy atom. The number of amides is 1. The summed E-state index contributed by atoms with van der Waals surface area (Å²) < 4.78 is 14.9. The van der Waals surface area contributed by atoms with E-state index in [2.05, 4.69) is 25.6 Å². The Morgan fingerprint density at radius 3 is 2.83 bits per heavy atom. The number of nitrogens with one attached hydrogen (secondary N) is 2. The Labute approximate surface area is 137 Å². The maximum atomic E-state index is 11.7. The van der Waals surface area contributed by atoms with Gasteiger partial charge in [-0.05, 0) is 28.0 Å². The van der Waals surface area contributed by atoms with Crippen LogP contribution >= 0.6 is 0 Å². The Morgan fingerprint density at radius 1 is 1.22 bits per heavy atom. The molecule has 9 nitrogen and oxygen atoms in total. The van der Waals surface area contributed by atoms with Crippen molar-refractivity contribution in [3.63, 3.8) is 0 Å². The highest BCUT2D eigenvalue weighted by molar-refractivity contribution is 5.95. The molecule has 0 atom stereocenters. The lowest BCUT2D eigenvalue weighted by Gasteiger charge is -2.06. The van der Waals surface area contributed by atoms with Gasteiger partial charge in [-0.25, -0.2) is 4.63 Å². The first-order chi connectivity index (χ1) is 10.7. The summed E-state index contributed by atoms with van der Waals surface area (Å²) in [5, 5.41) is 12.6. The van der Waals surface area contributed by atoms with Crippen LogP contribution in [0.25, 0.3) is 0 Å². The number of nitrogens with zero attached hydrogens (tertiary/aromatic N) is 2. The van der Waals surface area contributed by atoms with Crippen molar-refractivity contribution < 1.29 is 31.3 Å². The fourth-order valence-corrected chi connectivity index (χ4v) is 1.98. The smallest absolute Gasteiger partial charge is 0.277 e. The Kier molecular flexibility index (Phi) is 5.61. The largest absolute Gasteiger partial charge is 1.00 e. The molecular weight excluding hydrogens is 326 g/mol. The van der Waals surface area contributed by atoms with Gasteiger partial charge in [-0.3, -0.25) is 4.79 Å². The number of hydrogen-bond acceptors (Lipinski definition) is 8. The van der Waals surface area contributed by atoms with E-state index in [-0.39, 0.29) is 30.7 Å². The van der Waals surface area contributed by atoms with E-state index >= 15 is 0 Å². The molecule has 0 saturated heterocycles. The molecule has 3 rings (SSSR count). The minimum Gasteiger partial charge on any atom is -1.00 e. The summed E-state index contributed by atoms with van der Waals surface area (Å²) in [5.41, 5.74) is 6.49. The van der Waals surface area contributed by atoms with Gasteiger partial charge in [0, 0.05) is 19.6 Å². The van der Waals surface area contributed by atoms with E-state index in [1.165, 1.54) is 0 Å². The third-order valence-corrected chi connectivity index (χ3v) is 3.08. The molecule has 1 aromatic carbocycles. The summed E-state index contributed by atoms with van der Waals surface area (Å²) in [6, 6.07) is 5.76. The zero-order valence-electron chi connectivity index (χ0n) is 12.0. The van der Waals surface area contributed by atoms with E-state index in [4.69, 9.17) is 15.2 Å². The molecule has 1 amide bonds. The molecule has 0 bridgehead atoms. The number of nitrogen functional groups attached to an aromatic ring is 1. The second-order valence-corrected chi connectivity index (χ2v) is 4.62. The van der Waals surface area contributed by atoms with Crippen LogP contribution in [0.5, 0.6) is 11.5 Å². The lowest BCUT2D eigenvalue weighted by Crippen LogP contribution is -3.00. The van der Waals surface area contributed by atoms with Crippen molar-refractivity contribution in [2.75, 3.05) is 25.6 Å². The minimum absolute atomic E-state index is 0. The standard InChI is InChI=1S/C13H15N5O4.ClH/c14-12-11(17-22-18-12)13(19)16-4-3-15-6-8-1-2-9-10(5-8)21-7-20-9;/h1-2,5,15H,3-4,6-7H2,(H2,14,18)(H,16,19);1H/p-1. The number of anilines is 1. The average Bonchev–Trinajstić information content (AvgIpc) is 3.14. The zero-order chi connectivity index (χ0) is 15.4. The molecule has 124 valence electrons. The highest BCUT2D eigenvalue weighted by Crippen LogP contribution is 2.32. The maximum Gasteiger partial charge on any atom is 0.277 e. The second kappa shape index (κ2) is 7.65. The van der Waals surface area contributed by atoms with E-state index in [0.29, 0.717) is 19.6 Å². The van der Waals surface area contributed by atoms with Crippen molar-refractivity contribution in [2.45, 2.75) is 6.54 Å². The zero-order valence-corrected chi connectivity index (χ0v) is 12.8. The van der Waals surface area contributed by atoms with Crippen LogP contribution in [0, 0.1) is 0 Å². The van der Waals surface area contributed by atoms with Gasteiger partial charge in [-0.1, -0.05) is 6.07 Å². The molecule has 1 aliphatic rings. The second-order valence-electron chi connectivity index (χ2n) is 4.62. The number of ether oxygens (including phenoxy) is 2. The summed E-state index contributed by atoms with van der Waals surface area (Å²) in [4.78, 5) is 11.7. The average molecular weight is 341 g/mol. The normalized spacial score (nSPS) is 11.8. The number of halogens is 1. The predicted octanol–water partition coefficient (Wildman–Crippen LogP) is -3.10. The van der Waals surface area contributed by atoms with E-state index in [9.17, 15) is 4.79 Å². The van der Waals surface area contributed by atoms with Crippen LogP contribution in [0.1, 0.15) is 16.1 Å². The molecule has 2 aromatic rings. The molecule has 0 unspecified atom stereocenters. The number of aromatic nitrogens is 2. The van der Waals surface area contributed by atoms with Crippen molar-refractivity contribution in [3.8, 4) is 11.5 Å². The number of rotatable bonds is 6. The van der Waals surface area contributed by atoms with Crippen LogP contribution in [0.3, 0.4) is 0 Å². The topological polar surface area (TPSA) is 125 Å². The van der Waals surface area contributed by atoms with Gasteiger partial charge in [-0.2, -0.15) is 0 Å². The molecule has 10 heteroatoms. The summed E-state index contributed by atoms with van der Waals surface area (Å²) in [6.07, 6.45) is 0. The fraction of sp³-hybridized carbons (Fsp3) is 0.308. The van der Waals surface area contributed by atoms with E-state index in [0.717, 1.165) is 17.1 Å². The first-order valence-electron chi connectivity index (χ1n) is 6.69. The van der Waals surface area contributed by atoms with Gasteiger partial charge < -0.3 is 38.2 Å². The third-order valence-electron chi connectivity index (χ3n) is 3.08. The Hall–Kier alpha value is -2.52. The monoisotopic (exact) mass is 340 g/mol. The van der Waals surface area contributed by atoms with Crippen LogP contribution in [-0.4, -0.2) is 36.1 Å². The molecule has 23 heavy (non-hydrogen) atoms. The maximum absolute atomic E-state index is 11.7. The highest BCUT2D eigenvalue weighted by Gasteiger charge is 2.15. The lowest BCUT2D eigenvalue weighted by atomic mass is 10.2. The summed E-state index contributed by atoms with van der Waals surface area (Å²) >= 11 is 0. The van der Waals surface area contributed by atoms with Crippen molar-refractivity contribution in [2.24, 2.45) is 0 Å². The van der Waals surface area contributed by atoms with Gasteiger partial charge >= 0.3 is 0 Å². The number of fused-ring (bicyclic) bond motifs is 1. The molecule has 0 radical (unpaired) electrons. The fourth-order valence-electron chi connectivity index (χ4n) is 1.98. The van der Waals surface area contributed by atoms with Crippen molar-refractivity contribution in [1.29, 1.82) is 0 Å². The molecule has 1 aromatic heterocycles. The van der Waals surface area contributed by atoms with Crippen molar-refractivity contribution in [3.05, 3.63) is 29.5 Å². The quantitative estimate of drug-likeness (QED) is 0.472. The lowest BCUT2D eigenvalue weighted by molar-refractivity contribution is -0.0000149. The Bertz CT molecular complexity index is 678. The first kappa shape index (κ1) is 16.8. The molecule has 0 spiro atoms. The molecule has 0 aliphatic carbocycles. The number of benzene rings is 1. The van der Waals surface area contributed by atoms with Crippen LogP contribution in [0.2, 0.25) is 0 Å². The van der Waals surface area contributed by atoms with Gasteiger partial charge in [0.25, 0.3) is 5.91 Å². The van der Waals surface area contributed by atoms with Gasteiger partial charge in [-0.15, -0.1) is 0 Å². The first-order valence-corrected chi connectivity index (χ1v) is 6.69. The number of nitrogens with two attached hydrogens (primary N) is 1. The Balaban J connectivity index is 0.00000192. The van der Waals surface area contributed by atoms with Crippen molar-refractivity contribution in [1.82, 2.24) is 20.9 Å². The minimum atomic E-state index is -0.413. The van der Waals surface area contributed by atoms with E-state index in [1.807, 2.05) is 18.2 Å².